The lowest BCUT2D eigenvalue weighted by molar-refractivity contribution is -0.0880. The number of ether oxygens (including phenoxy) is 2. The average molecular weight is 305 g/mol. The van der Waals surface area contributed by atoms with Crippen molar-refractivity contribution in [3.8, 4) is 0 Å². The van der Waals surface area contributed by atoms with Crippen LogP contribution in [-0.4, -0.2) is 30.8 Å². The normalized spacial score (nSPS) is 36.0. The zero-order valence-electron chi connectivity index (χ0n) is 10.9. The molecular formula is C14H25BrO2. The second kappa shape index (κ2) is 6.53. The highest BCUT2D eigenvalue weighted by Gasteiger charge is 2.35. The van der Waals surface area contributed by atoms with E-state index in [4.69, 9.17) is 9.47 Å². The first-order valence-corrected chi connectivity index (χ1v) is 8.14. The molecule has 0 N–H and O–H groups in total. The molecule has 1 saturated heterocycles. The summed E-state index contributed by atoms with van der Waals surface area (Å²) in [5, 5.41) is 0.994. The summed E-state index contributed by atoms with van der Waals surface area (Å²) in [5.74, 6) is 1.54. The molecule has 0 amide bonds. The number of alkyl halides is 1. The Morgan fingerprint density at radius 2 is 2.06 bits per heavy atom. The van der Waals surface area contributed by atoms with Gasteiger partial charge >= 0.3 is 0 Å². The molecule has 2 unspecified atom stereocenters. The van der Waals surface area contributed by atoms with Gasteiger partial charge in [0.05, 0.1) is 12.2 Å². The SMILES string of the molecule is CC1CCCC(CBr)(OCC2CCOCC2)C1. The van der Waals surface area contributed by atoms with Gasteiger partial charge in [0, 0.05) is 18.5 Å². The molecule has 0 bridgehead atoms. The van der Waals surface area contributed by atoms with Gasteiger partial charge in [-0.15, -0.1) is 0 Å². The van der Waals surface area contributed by atoms with E-state index >= 15 is 0 Å². The first kappa shape index (κ1) is 13.8. The fourth-order valence-electron chi connectivity index (χ4n) is 3.11. The summed E-state index contributed by atoms with van der Waals surface area (Å²) in [6, 6.07) is 0. The maximum atomic E-state index is 6.33. The molecule has 1 saturated carbocycles. The molecule has 1 aliphatic carbocycles. The molecule has 0 aromatic rings. The van der Waals surface area contributed by atoms with Crippen molar-refractivity contribution in [1.82, 2.24) is 0 Å². The molecule has 100 valence electrons. The minimum atomic E-state index is 0.121. The van der Waals surface area contributed by atoms with E-state index in [2.05, 4.69) is 22.9 Å². The van der Waals surface area contributed by atoms with Crippen molar-refractivity contribution in [3.63, 3.8) is 0 Å². The third kappa shape index (κ3) is 3.93. The molecular weight excluding hydrogens is 280 g/mol. The van der Waals surface area contributed by atoms with Gasteiger partial charge in [-0.05, 0) is 37.5 Å². The van der Waals surface area contributed by atoms with Crippen LogP contribution in [0.3, 0.4) is 0 Å². The summed E-state index contributed by atoms with van der Waals surface area (Å²) in [7, 11) is 0. The molecule has 2 rings (SSSR count). The van der Waals surface area contributed by atoms with E-state index in [0.29, 0.717) is 0 Å². The Labute approximate surface area is 114 Å². The van der Waals surface area contributed by atoms with E-state index < -0.39 is 0 Å². The first-order valence-electron chi connectivity index (χ1n) is 7.02. The smallest absolute Gasteiger partial charge is 0.0781 e. The van der Waals surface area contributed by atoms with Gasteiger partial charge in [-0.25, -0.2) is 0 Å². The molecule has 1 aliphatic heterocycles. The van der Waals surface area contributed by atoms with Gasteiger partial charge < -0.3 is 9.47 Å². The van der Waals surface area contributed by atoms with Gasteiger partial charge in [0.1, 0.15) is 0 Å². The highest BCUT2D eigenvalue weighted by molar-refractivity contribution is 9.09. The van der Waals surface area contributed by atoms with Gasteiger partial charge in [0.2, 0.25) is 0 Å². The second-order valence-corrected chi connectivity index (χ2v) is 6.45. The van der Waals surface area contributed by atoms with Crippen LogP contribution >= 0.6 is 15.9 Å². The number of hydrogen-bond donors (Lipinski definition) is 0. The van der Waals surface area contributed by atoms with E-state index in [1.807, 2.05) is 0 Å². The molecule has 2 fully saturated rings. The van der Waals surface area contributed by atoms with Crippen LogP contribution in [0.1, 0.15) is 45.4 Å². The lowest BCUT2D eigenvalue weighted by atomic mass is 9.80. The van der Waals surface area contributed by atoms with Gasteiger partial charge in [0.15, 0.2) is 0 Å². The summed E-state index contributed by atoms with van der Waals surface area (Å²) in [4.78, 5) is 0. The van der Waals surface area contributed by atoms with Crippen LogP contribution in [0.4, 0.5) is 0 Å². The molecule has 0 spiro atoms. The van der Waals surface area contributed by atoms with E-state index in [0.717, 1.165) is 37.0 Å². The fourth-order valence-corrected chi connectivity index (χ4v) is 3.78. The maximum absolute atomic E-state index is 6.33. The molecule has 2 nitrogen and oxygen atoms in total. The molecule has 2 atom stereocenters. The van der Waals surface area contributed by atoms with Crippen molar-refractivity contribution in [3.05, 3.63) is 0 Å². The fraction of sp³-hybridized carbons (Fsp3) is 1.00. The Balaban J connectivity index is 1.81. The lowest BCUT2D eigenvalue weighted by Gasteiger charge is -2.40. The Morgan fingerprint density at radius 1 is 1.29 bits per heavy atom. The van der Waals surface area contributed by atoms with E-state index in [9.17, 15) is 0 Å². The largest absolute Gasteiger partial charge is 0.381 e. The van der Waals surface area contributed by atoms with Crippen molar-refractivity contribution >= 4 is 15.9 Å². The molecule has 1 heterocycles. The number of hydrogen-bond acceptors (Lipinski definition) is 2. The molecule has 17 heavy (non-hydrogen) atoms. The van der Waals surface area contributed by atoms with Gasteiger partial charge in [0.25, 0.3) is 0 Å². The Bertz CT molecular complexity index is 228. The minimum Gasteiger partial charge on any atom is -0.381 e. The van der Waals surface area contributed by atoms with Gasteiger partial charge in [-0.1, -0.05) is 35.7 Å². The Hall–Kier alpha value is 0.400. The standard InChI is InChI=1S/C14H25BrO2/c1-12-3-2-6-14(9-12,11-15)17-10-13-4-7-16-8-5-13/h12-13H,2-11H2,1H3. The molecule has 3 heteroatoms. The topological polar surface area (TPSA) is 18.5 Å². The third-order valence-corrected chi connectivity index (χ3v) is 5.28. The zero-order chi connectivity index (χ0) is 12.1. The van der Waals surface area contributed by atoms with Gasteiger partial charge in [-0.3, -0.25) is 0 Å². The minimum absolute atomic E-state index is 0.121. The quantitative estimate of drug-likeness (QED) is 0.736. The second-order valence-electron chi connectivity index (χ2n) is 5.88. The van der Waals surface area contributed by atoms with Crippen molar-refractivity contribution < 1.29 is 9.47 Å². The van der Waals surface area contributed by atoms with Crippen LogP contribution in [0.15, 0.2) is 0 Å². The summed E-state index contributed by atoms with van der Waals surface area (Å²) in [6.45, 7) is 5.13. The number of halogens is 1. The van der Waals surface area contributed by atoms with Crippen LogP contribution in [0.25, 0.3) is 0 Å². The summed E-state index contributed by atoms with van der Waals surface area (Å²) < 4.78 is 11.7. The molecule has 0 aromatic heterocycles. The third-order valence-electron chi connectivity index (χ3n) is 4.26. The molecule has 2 aliphatic rings. The monoisotopic (exact) mass is 304 g/mol. The summed E-state index contributed by atoms with van der Waals surface area (Å²) in [6.07, 6.45) is 7.49. The Kier molecular flexibility index (Phi) is 5.31. The van der Waals surface area contributed by atoms with E-state index in [-0.39, 0.29) is 5.60 Å². The van der Waals surface area contributed by atoms with Gasteiger partial charge in [-0.2, -0.15) is 0 Å². The predicted octanol–water partition coefficient (Wildman–Crippen LogP) is 3.77. The first-order chi connectivity index (χ1) is 8.24. The van der Waals surface area contributed by atoms with Crippen LogP contribution in [0, 0.1) is 11.8 Å². The highest BCUT2D eigenvalue weighted by atomic mass is 79.9. The zero-order valence-corrected chi connectivity index (χ0v) is 12.5. The van der Waals surface area contributed by atoms with E-state index in [1.165, 1.54) is 38.5 Å². The lowest BCUT2D eigenvalue weighted by Crippen LogP contribution is -2.41. The highest BCUT2D eigenvalue weighted by Crippen LogP contribution is 2.37. The maximum Gasteiger partial charge on any atom is 0.0781 e. The van der Waals surface area contributed by atoms with Crippen LogP contribution in [0.2, 0.25) is 0 Å². The molecule has 0 aromatic carbocycles. The Morgan fingerprint density at radius 3 is 2.71 bits per heavy atom. The van der Waals surface area contributed by atoms with Crippen molar-refractivity contribution in [2.75, 3.05) is 25.2 Å². The van der Waals surface area contributed by atoms with Crippen LogP contribution in [-0.2, 0) is 9.47 Å². The summed E-state index contributed by atoms with van der Waals surface area (Å²) in [5.41, 5.74) is 0.121. The van der Waals surface area contributed by atoms with Crippen molar-refractivity contribution in [2.45, 2.75) is 51.0 Å². The average Bonchev–Trinajstić information content (AvgIpc) is 2.38. The van der Waals surface area contributed by atoms with Crippen molar-refractivity contribution in [1.29, 1.82) is 0 Å². The number of rotatable bonds is 4. The van der Waals surface area contributed by atoms with E-state index in [1.54, 1.807) is 0 Å². The summed E-state index contributed by atoms with van der Waals surface area (Å²) >= 11 is 3.67. The predicted molar refractivity (Wildman–Crippen MR) is 73.7 cm³/mol. The van der Waals surface area contributed by atoms with Crippen molar-refractivity contribution in [2.24, 2.45) is 11.8 Å². The van der Waals surface area contributed by atoms with Crippen LogP contribution in [0.5, 0.6) is 0 Å². The van der Waals surface area contributed by atoms with Crippen LogP contribution < -0.4 is 0 Å². The molecule has 0 radical (unpaired) electrons.